The Hall–Kier alpha value is -2.58. The van der Waals surface area contributed by atoms with Crippen molar-refractivity contribution in [2.24, 2.45) is 0 Å². The largest absolute Gasteiger partial charge is 0.349 e. The number of benzene rings is 2. The number of hydrogen-bond donors (Lipinski definition) is 2. The van der Waals surface area contributed by atoms with Gasteiger partial charge >= 0.3 is 0 Å². The van der Waals surface area contributed by atoms with Gasteiger partial charge in [0, 0.05) is 10.6 Å². The standard InChI is InChI=1S/C19H19ClFN5OS/c1-2-16(12-3-7-14(20)8-4-12)23-17(27)11-28-19-25-24-18(26(19)22)13-5-9-15(21)10-6-13/h3-10,16H,2,11,22H2,1H3,(H,23,27). The average Bonchev–Trinajstić information content (AvgIpc) is 3.06. The first-order valence-electron chi connectivity index (χ1n) is 8.62. The van der Waals surface area contributed by atoms with Gasteiger partial charge in [-0.1, -0.05) is 42.4 Å². The molecule has 2 aromatic carbocycles. The van der Waals surface area contributed by atoms with Crippen molar-refractivity contribution in [2.45, 2.75) is 24.5 Å². The molecule has 0 aliphatic rings. The zero-order valence-electron chi connectivity index (χ0n) is 15.1. The Balaban J connectivity index is 1.61. The van der Waals surface area contributed by atoms with Gasteiger partial charge in [-0.2, -0.15) is 0 Å². The number of hydrogen-bond acceptors (Lipinski definition) is 5. The molecule has 3 N–H and O–H groups in total. The van der Waals surface area contributed by atoms with E-state index < -0.39 is 0 Å². The van der Waals surface area contributed by atoms with Gasteiger partial charge in [0.15, 0.2) is 5.82 Å². The monoisotopic (exact) mass is 419 g/mol. The number of thioether (sulfide) groups is 1. The third kappa shape index (κ3) is 4.82. The molecule has 28 heavy (non-hydrogen) atoms. The Bertz CT molecular complexity index is 946. The number of nitrogen functional groups attached to an aromatic ring is 1. The second-order valence-corrected chi connectivity index (χ2v) is 7.43. The Morgan fingerprint density at radius 3 is 2.54 bits per heavy atom. The minimum Gasteiger partial charge on any atom is -0.349 e. The topological polar surface area (TPSA) is 85.8 Å². The highest BCUT2D eigenvalue weighted by molar-refractivity contribution is 7.99. The van der Waals surface area contributed by atoms with E-state index in [4.69, 9.17) is 17.4 Å². The highest BCUT2D eigenvalue weighted by atomic mass is 35.5. The van der Waals surface area contributed by atoms with E-state index in [9.17, 15) is 9.18 Å². The van der Waals surface area contributed by atoms with E-state index in [1.807, 2.05) is 19.1 Å². The number of nitrogens with two attached hydrogens (primary N) is 1. The van der Waals surface area contributed by atoms with Gasteiger partial charge in [-0.3, -0.25) is 4.79 Å². The minimum atomic E-state index is -0.343. The lowest BCUT2D eigenvalue weighted by molar-refractivity contribution is -0.119. The van der Waals surface area contributed by atoms with Crippen LogP contribution in [0.2, 0.25) is 5.02 Å². The number of carbonyl (C=O) groups is 1. The van der Waals surface area contributed by atoms with Gasteiger partial charge in [0.2, 0.25) is 11.1 Å². The molecule has 0 radical (unpaired) electrons. The van der Waals surface area contributed by atoms with Crippen LogP contribution in [0.3, 0.4) is 0 Å². The fourth-order valence-electron chi connectivity index (χ4n) is 2.65. The van der Waals surface area contributed by atoms with Crippen molar-refractivity contribution in [3.8, 4) is 11.4 Å². The average molecular weight is 420 g/mol. The quantitative estimate of drug-likeness (QED) is 0.449. The highest BCUT2D eigenvalue weighted by Gasteiger charge is 2.16. The van der Waals surface area contributed by atoms with Crippen LogP contribution in [0.1, 0.15) is 24.9 Å². The molecule has 9 heteroatoms. The van der Waals surface area contributed by atoms with Gasteiger partial charge in [-0.25, -0.2) is 9.07 Å². The van der Waals surface area contributed by atoms with Gasteiger partial charge in [0.05, 0.1) is 11.8 Å². The smallest absolute Gasteiger partial charge is 0.230 e. The van der Waals surface area contributed by atoms with Crippen LogP contribution in [0.25, 0.3) is 11.4 Å². The molecule has 6 nitrogen and oxygen atoms in total. The fourth-order valence-corrected chi connectivity index (χ4v) is 3.45. The van der Waals surface area contributed by atoms with Crippen LogP contribution in [0.4, 0.5) is 4.39 Å². The van der Waals surface area contributed by atoms with E-state index >= 15 is 0 Å². The van der Waals surface area contributed by atoms with E-state index in [1.54, 1.807) is 24.3 Å². The van der Waals surface area contributed by atoms with E-state index in [0.29, 0.717) is 21.6 Å². The lowest BCUT2D eigenvalue weighted by atomic mass is 10.0. The summed E-state index contributed by atoms with van der Waals surface area (Å²) in [5.74, 6) is 6.08. The minimum absolute atomic E-state index is 0.101. The Morgan fingerprint density at radius 2 is 1.89 bits per heavy atom. The third-order valence-corrected chi connectivity index (χ3v) is 5.31. The number of amides is 1. The number of aromatic nitrogens is 3. The predicted octanol–water partition coefficient (Wildman–Crippen LogP) is 3.81. The summed E-state index contributed by atoms with van der Waals surface area (Å²) in [4.78, 5) is 12.4. The predicted molar refractivity (Wildman–Crippen MR) is 109 cm³/mol. The summed E-state index contributed by atoms with van der Waals surface area (Å²) < 4.78 is 14.4. The van der Waals surface area contributed by atoms with Crippen LogP contribution in [0.5, 0.6) is 0 Å². The van der Waals surface area contributed by atoms with E-state index in [-0.39, 0.29) is 23.5 Å². The molecule has 3 aromatic rings. The van der Waals surface area contributed by atoms with Gasteiger partial charge in [0.1, 0.15) is 5.82 Å². The fraction of sp³-hybridized carbons (Fsp3) is 0.211. The molecule has 0 saturated heterocycles. The molecule has 1 atom stereocenters. The van der Waals surface area contributed by atoms with Crippen LogP contribution in [0.15, 0.2) is 53.7 Å². The van der Waals surface area contributed by atoms with Crippen LogP contribution >= 0.6 is 23.4 Å². The summed E-state index contributed by atoms with van der Waals surface area (Å²) in [6.07, 6.45) is 0.750. The van der Waals surface area contributed by atoms with Crippen molar-refractivity contribution in [1.29, 1.82) is 0 Å². The summed E-state index contributed by atoms with van der Waals surface area (Å²) in [5.41, 5.74) is 1.63. The van der Waals surface area contributed by atoms with Crippen molar-refractivity contribution < 1.29 is 9.18 Å². The van der Waals surface area contributed by atoms with E-state index in [1.165, 1.54) is 28.6 Å². The van der Waals surface area contributed by atoms with E-state index in [0.717, 1.165) is 12.0 Å². The first-order chi connectivity index (χ1) is 13.5. The molecule has 0 spiro atoms. The molecular formula is C19H19ClFN5OS. The molecule has 0 aliphatic carbocycles. The van der Waals surface area contributed by atoms with Gasteiger partial charge in [0.25, 0.3) is 0 Å². The normalized spacial score (nSPS) is 12.0. The maximum Gasteiger partial charge on any atom is 0.230 e. The number of nitrogens with zero attached hydrogens (tertiary/aromatic N) is 3. The van der Waals surface area contributed by atoms with Gasteiger partial charge in [-0.15, -0.1) is 10.2 Å². The highest BCUT2D eigenvalue weighted by Crippen LogP contribution is 2.23. The third-order valence-electron chi connectivity index (χ3n) is 4.12. The lowest BCUT2D eigenvalue weighted by Gasteiger charge is -2.17. The summed E-state index contributed by atoms with van der Waals surface area (Å²) in [6.45, 7) is 2.00. The SMILES string of the molecule is CCC(NC(=O)CSc1nnc(-c2ccc(F)cc2)n1N)c1ccc(Cl)cc1. The van der Waals surface area contributed by atoms with Gasteiger partial charge < -0.3 is 11.2 Å². The Morgan fingerprint density at radius 1 is 1.21 bits per heavy atom. The second-order valence-electron chi connectivity index (χ2n) is 6.05. The Kier molecular flexibility index (Phi) is 6.53. The van der Waals surface area contributed by atoms with Crippen molar-refractivity contribution in [3.63, 3.8) is 0 Å². The van der Waals surface area contributed by atoms with Crippen molar-refractivity contribution in [3.05, 3.63) is 64.9 Å². The summed E-state index contributed by atoms with van der Waals surface area (Å²) >= 11 is 7.10. The van der Waals surface area contributed by atoms with Crippen LogP contribution in [-0.2, 0) is 4.79 Å². The first-order valence-corrected chi connectivity index (χ1v) is 9.98. The maximum absolute atomic E-state index is 13.1. The number of nitrogens with one attached hydrogen (secondary N) is 1. The first kappa shape index (κ1) is 20.2. The van der Waals surface area contributed by atoms with Crippen molar-refractivity contribution >= 4 is 29.3 Å². The number of carbonyl (C=O) groups excluding carboxylic acids is 1. The molecule has 1 amide bonds. The second kappa shape index (κ2) is 9.07. The lowest BCUT2D eigenvalue weighted by Crippen LogP contribution is -2.29. The number of halogens is 2. The zero-order valence-corrected chi connectivity index (χ0v) is 16.7. The number of rotatable bonds is 7. The molecule has 3 rings (SSSR count). The summed E-state index contributed by atoms with van der Waals surface area (Å²) in [5, 5.41) is 12.1. The molecule has 0 saturated carbocycles. The van der Waals surface area contributed by atoms with Crippen molar-refractivity contribution in [1.82, 2.24) is 20.2 Å². The summed E-state index contributed by atoms with van der Waals surface area (Å²) in [7, 11) is 0. The molecule has 1 heterocycles. The molecule has 0 fully saturated rings. The molecule has 1 unspecified atom stereocenters. The Labute approximate surface area is 171 Å². The van der Waals surface area contributed by atoms with E-state index in [2.05, 4.69) is 15.5 Å². The molecule has 0 bridgehead atoms. The maximum atomic E-state index is 13.1. The molecular weight excluding hydrogens is 401 g/mol. The van der Waals surface area contributed by atoms with Crippen molar-refractivity contribution in [2.75, 3.05) is 11.6 Å². The van der Waals surface area contributed by atoms with Gasteiger partial charge in [-0.05, 0) is 48.4 Å². The van der Waals surface area contributed by atoms with Crippen LogP contribution < -0.4 is 11.2 Å². The van der Waals surface area contributed by atoms with Crippen LogP contribution in [-0.4, -0.2) is 26.5 Å². The molecule has 1 aromatic heterocycles. The molecule has 146 valence electrons. The van der Waals surface area contributed by atoms with Crippen LogP contribution in [0, 0.1) is 5.82 Å². The summed E-state index contributed by atoms with van der Waals surface area (Å²) in [6, 6.07) is 13.1. The molecule has 0 aliphatic heterocycles. The zero-order chi connectivity index (χ0) is 20.1.